The molecule has 1 aliphatic carbocycles. The average molecular weight is 318 g/mol. The monoisotopic (exact) mass is 318 g/mol. The van der Waals surface area contributed by atoms with Crippen molar-refractivity contribution in [2.45, 2.75) is 19.0 Å². The molecular weight excluding hydrogens is 305 g/mol. The van der Waals surface area contributed by atoms with Gasteiger partial charge < -0.3 is 5.11 Å². The molecule has 2 aromatic rings. The summed E-state index contributed by atoms with van der Waals surface area (Å²) in [6, 6.07) is 9.33. The summed E-state index contributed by atoms with van der Waals surface area (Å²) in [6.07, 6.45) is -1.64. The predicted molar refractivity (Wildman–Crippen MR) is 80.2 cm³/mol. The maximum atomic E-state index is 12.5. The van der Waals surface area contributed by atoms with E-state index >= 15 is 0 Å². The molecular formula is C18H13F3O2. The van der Waals surface area contributed by atoms with Crippen molar-refractivity contribution >= 4 is 11.9 Å². The average Bonchev–Trinajstić information content (AvgIpc) is 2.50. The quantitative estimate of drug-likeness (QED) is 0.779. The second-order valence-electron chi connectivity index (χ2n) is 5.46. The van der Waals surface area contributed by atoms with Gasteiger partial charge in [0.2, 0.25) is 0 Å². The Hall–Kier alpha value is -2.56. The molecule has 0 bridgehead atoms. The first-order valence-electron chi connectivity index (χ1n) is 7.09. The van der Waals surface area contributed by atoms with Crippen LogP contribution in [0.5, 0.6) is 5.75 Å². The van der Waals surface area contributed by atoms with Crippen LogP contribution < -0.4 is 0 Å². The van der Waals surface area contributed by atoms with Crippen molar-refractivity contribution in [3.05, 3.63) is 70.3 Å². The first kappa shape index (κ1) is 15.3. The van der Waals surface area contributed by atoms with Crippen molar-refractivity contribution in [3.63, 3.8) is 0 Å². The molecule has 0 heterocycles. The van der Waals surface area contributed by atoms with Gasteiger partial charge in [-0.1, -0.05) is 12.1 Å². The van der Waals surface area contributed by atoms with Gasteiger partial charge in [0.1, 0.15) is 5.75 Å². The van der Waals surface area contributed by atoms with E-state index in [9.17, 15) is 23.1 Å². The van der Waals surface area contributed by atoms with E-state index in [1.807, 2.05) is 0 Å². The Morgan fingerprint density at radius 2 is 1.70 bits per heavy atom. The van der Waals surface area contributed by atoms with E-state index in [2.05, 4.69) is 0 Å². The summed E-state index contributed by atoms with van der Waals surface area (Å²) in [4.78, 5) is 12.4. The van der Waals surface area contributed by atoms with Gasteiger partial charge in [0.05, 0.1) is 5.56 Å². The zero-order valence-corrected chi connectivity index (χ0v) is 12.0. The molecule has 23 heavy (non-hydrogen) atoms. The summed E-state index contributed by atoms with van der Waals surface area (Å²) >= 11 is 0. The molecule has 1 N–H and O–H groups in total. The third-order valence-electron chi connectivity index (χ3n) is 3.87. The van der Waals surface area contributed by atoms with Crippen molar-refractivity contribution in [3.8, 4) is 5.75 Å². The molecule has 0 aromatic heterocycles. The van der Waals surface area contributed by atoms with Gasteiger partial charge in [0, 0.05) is 11.1 Å². The molecule has 0 atom stereocenters. The van der Waals surface area contributed by atoms with Crippen LogP contribution in [0.3, 0.4) is 0 Å². The number of phenols is 1. The number of carbonyl (C=O) groups is 1. The number of benzene rings is 2. The number of rotatable bonds is 1. The Morgan fingerprint density at radius 1 is 1.00 bits per heavy atom. The summed E-state index contributed by atoms with van der Waals surface area (Å²) in [5.41, 5.74) is 1.73. The molecule has 0 saturated carbocycles. The Balaban J connectivity index is 1.89. The van der Waals surface area contributed by atoms with Crippen LogP contribution in [0.1, 0.15) is 33.5 Å². The third-order valence-corrected chi connectivity index (χ3v) is 3.87. The minimum atomic E-state index is -4.37. The topological polar surface area (TPSA) is 37.3 Å². The number of phenolic OH excluding ortho intramolecular Hbond substituents is 1. The fourth-order valence-electron chi connectivity index (χ4n) is 2.67. The summed E-state index contributed by atoms with van der Waals surface area (Å²) in [7, 11) is 0. The second-order valence-corrected chi connectivity index (χ2v) is 5.46. The van der Waals surface area contributed by atoms with Crippen LogP contribution in [0.4, 0.5) is 13.2 Å². The van der Waals surface area contributed by atoms with Crippen molar-refractivity contribution in [1.29, 1.82) is 0 Å². The molecule has 0 amide bonds. The van der Waals surface area contributed by atoms with E-state index in [4.69, 9.17) is 0 Å². The summed E-state index contributed by atoms with van der Waals surface area (Å²) < 4.78 is 37.6. The lowest BCUT2D eigenvalue weighted by Gasteiger charge is -2.17. The number of Topliss-reactive ketones (excluding diaryl/α,β-unsaturated/α-hetero) is 1. The molecule has 2 aromatic carbocycles. The number of hydrogen-bond acceptors (Lipinski definition) is 2. The number of alkyl halides is 3. The molecule has 0 aliphatic heterocycles. The molecule has 5 heteroatoms. The number of aromatic hydroxyl groups is 1. The zero-order valence-electron chi connectivity index (χ0n) is 12.0. The highest BCUT2D eigenvalue weighted by molar-refractivity contribution is 6.13. The van der Waals surface area contributed by atoms with Gasteiger partial charge in [0.25, 0.3) is 0 Å². The van der Waals surface area contributed by atoms with Gasteiger partial charge in [-0.05, 0) is 60.4 Å². The molecule has 1 aliphatic rings. The molecule has 118 valence electrons. The molecule has 0 unspecified atom stereocenters. The summed E-state index contributed by atoms with van der Waals surface area (Å²) in [5.74, 6) is -0.0298. The van der Waals surface area contributed by atoms with Crippen LogP contribution in [0.15, 0.2) is 48.0 Å². The lowest BCUT2D eigenvalue weighted by Crippen LogP contribution is -2.13. The number of aryl methyl sites for hydroxylation is 1. The van der Waals surface area contributed by atoms with Gasteiger partial charge in [-0.2, -0.15) is 13.2 Å². The molecule has 0 saturated heterocycles. The molecule has 0 radical (unpaired) electrons. The molecule has 2 nitrogen and oxygen atoms in total. The zero-order chi connectivity index (χ0) is 16.6. The highest BCUT2D eigenvalue weighted by Crippen LogP contribution is 2.31. The summed E-state index contributed by atoms with van der Waals surface area (Å²) in [5, 5.41) is 9.45. The van der Waals surface area contributed by atoms with Crippen LogP contribution in [0, 0.1) is 0 Å². The fraction of sp³-hybridized carbons (Fsp3) is 0.167. The Bertz CT molecular complexity index is 787. The highest BCUT2D eigenvalue weighted by atomic mass is 19.4. The van der Waals surface area contributed by atoms with Crippen molar-refractivity contribution in [1.82, 2.24) is 0 Å². The van der Waals surface area contributed by atoms with Crippen LogP contribution in [-0.2, 0) is 12.6 Å². The molecule has 0 fully saturated rings. The number of fused-ring (bicyclic) bond motifs is 1. The van der Waals surface area contributed by atoms with Crippen LogP contribution in [0.2, 0.25) is 0 Å². The van der Waals surface area contributed by atoms with Crippen molar-refractivity contribution in [2.75, 3.05) is 0 Å². The van der Waals surface area contributed by atoms with Gasteiger partial charge in [-0.25, -0.2) is 0 Å². The number of ketones is 1. The smallest absolute Gasteiger partial charge is 0.416 e. The van der Waals surface area contributed by atoms with Crippen molar-refractivity contribution < 1.29 is 23.1 Å². The summed E-state index contributed by atoms with van der Waals surface area (Å²) in [6.45, 7) is 0. The maximum Gasteiger partial charge on any atom is 0.416 e. The molecule has 0 spiro atoms. The van der Waals surface area contributed by atoms with Gasteiger partial charge in [0.15, 0.2) is 5.78 Å². The molecule has 3 rings (SSSR count). The van der Waals surface area contributed by atoms with Gasteiger partial charge in [-0.15, -0.1) is 0 Å². The van der Waals surface area contributed by atoms with E-state index in [0.717, 1.165) is 17.7 Å². The largest absolute Gasteiger partial charge is 0.508 e. The number of hydrogen-bond donors (Lipinski definition) is 1. The Labute approximate surface area is 130 Å². The predicted octanol–water partition coefficient (Wildman–Crippen LogP) is 4.62. The van der Waals surface area contributed by atoms with Crippen LogP contribution in [0.25, 0.3) is 6.08 Å². The van der Waals surface area contributed by atoms with E-state index < -0.39 is 11.7 Å². The minimum absolute atomic E-state index is 0.117. The van der Waals surface area contributed by atoms with Crippen LogP contribution in [-0.4, -0.2) is 10.9 Å². The van der Waals surface area contributed by atoms with Gasteiger partial charge >= 0.3 is 6.18 Å². The maximum absolute atomic E-state index is 12.5. The van der Waals surface area contributed by atoms with Gasteiger partial charge in [-0.3, -0.25) is 4.79 Å². The van der Waals surface area contributed by atoms with E-state index in [1.165, 1.54) is 18.2 Å². The van der Waals surface area contributed by atoms with Crippen molar-refractivity contribution in [2.24, 2.45) is 0 Å². The second kappa shape index (κ2) is 5.57. The Kier molecular flexibility index (Phi) is 3.72. The van der Waals surface area contributed by atoms with E-state index in [0.29, 0.717) is 29.5 Å². The standard InChI is InChI=1S/C18H13F3O2/c19-18(20,21)14-5-1-11(2-6-14)9-13-4-3-12-10-15(22)7-8-16(12)17(13)23/h1-2,5-10,22H,3-4H2/b13-9+. The normalized spacial score (nSPS) is 16.5. The first-order chi connectivity index (χ1) is 10.8. The SMILES string of the molecule is O=C1/C(=C/c2ccc(C(F)(F)F)cc2)CCc2cc(O)ccc21. The van der Waals surface area contributed by atoms with Crippen LogP contribution >= 0.6 is 0 Å². The fourth-order valence-corrected chi connectivity index (χ4v) is 2.67. The minimum Gasteiger partial charge on any atom is -0.508 e. The Morgan fingerprint density at radius 3 is 2.35 bits per heavy atom. The third kappa shape index (κ3) is 3.13. The first-order valence-corrected chi connectivity index (χ1v) is 7.09. The van der Waals surface area contributed by atoms with E-state index in [1.54, 1.807) is 18.2 Å². The lowest BCUT2D eigenvalue weighted by atomic mass is 9.86. The number of allylic oxidation sites excluding steroid dienone is 1. The lowest BCUT2D eigenvalue weighted by molar-refractivity contribution is -0.137. The number of halogens is 3. The van der Waals surface area contributed by atoms with E-state index in [-0.39, 0.29) is 11.5 Å². The number of carbonyl (C=O) groups excluding carboxylic acids is 1. The highest BCUT2D eigenvalue weighted by Gasteiger charge is 2.30.